The molecule has 0 amide bonds. The fourth-order valence-corrected chi connectivity index (χ4v) is 2.56. The first kappa shape index (κ1) is 7.87. The summed E-state index contributed by atoms with van der Waals surface area (Å²) in [5.74, 6) is 0.253. The normalized spacial score (nSPS) is 19.3. The molecule has 0 saturated heterocycles. The first-order valence-electron chi connectivity index (χ1n) is 3.94. The van der Waals surface area contributed by atoms with Crippen LogP contribution in [0.5, 0.6) is 0 Å². The zero-order chi connectivity index (χ0) is 8.77. The maximum absolute atomic E-state index is 11.7. The van der Waals surface area contributed by atoms with E-state index in [0.29, 0.717) is 0 Å². The number of ketones is 1. The van der Waals surface area contributed by atoms with Crippen LogP contribution >= 0.6 is 11.8 Å². The molecule has 0 fully saturated rings. The Labute approximate surface area is 76.2 Å². The van der Waals surface area contributed by atoms with E-state index in [4.69, 9.17) is 0 Å². The number of carbonyl (C=O) groups is 1. The van der Waals surface area contributed by atoms with E-state index in [0.717, 1.165) is 10.5 Å². The van der Waals surface area contributed by atoms with Crippen molar-refractivity contribution in [2.45, 2.75) is 23.5 Å². The standard InChI is InChI=1S/C10H10OS/c1-10(2)9(11)7-5-3-4-6-8(7)12-10/h3-6H,1-2H3. The van der Waals surface area contributed by atoms with Crippen LogP contribution in [-0.2, 0) is 0 Å². The highest BCUT2D eigenvalue weighted by molar-refractivity contribution is 8.02. The van der Waals surface area contributed by atoms with Crippen molar-refractivity contribution in [1.82, 2.24) is 0 Å². The molecular weight excluding hydrogens is 168 g/mol. The summed E-state index contributed by atoms with van der Waals surface area (Å²) in [5, 5.41) is 0. The molecule has 12 heavy (non-hydrogen) atoms. The van der Waals surface area contributed by atoms with Crippen LogP contribution in [0.2, 0.25) is 0 Å². The summed E-state index contributed by atoms with van der Waals surface area (Å²) in [6.07, 6.45) is 0. The molecule has 0 aromatic heterocycles. The molecule has 0 atom stereocenters. The van der Waals surface area contributed by atoms with E-state index in [1.54, 1.807) is 11.8 Å². The van der Waals surface area contributed by atoms with Gasteiger partial charge in [0.2, 0.25) is 0 Å². The average molecular weight is 178 g/mol. The Bertz CT molecular complexity index is 341. The van der Waals surface area contributed by atoms with E-state index < -0.39 is 0 Å². The lowest BCUT2D eigenvalue weighted by Gasteiger charge is -2.11. The Kier molecular flexibility index (Phi) is 1.55. The van der Waals surface area contributed by atoms with Gasteiger partial charge in [0, 0.05) is 10.5 Å². The van der Waals surface area contributed by atoms with Crippen LogP contribution in [0, 0.1) is 0 Å². The largest absolute Gasteiger partial charge is 0.293 e. The maximum Gasteiger partial charge on any atom is 0.179 e. The van der Waals surface area contributed by atoms with Crippen LogP contribution in [-0.4, -0.2) is 10.5 Å². The van der Waals surface area contributed by atoms with Crippen molar-refractivity contribution < 1.29 is 4.79 Å². The van der Waals surface area contributed by atoms with Gasteiger partial charge in [0.05, 0.1) is 4.75 Å². The van der Waals surface area contributed by atoms with E-state index in [-0.39, 0.29) is 10.5 Å². The second-order valence-electron chi connectivity index (χ2n) is 3.44. The van der Waals surface area contributed by atoms with Crippen molar-refractivity contribution in [3.63, 3.8) is 0 Å². The molecule has 1 aliphatic rings. The van der Waals surface area contributed by atoms with E-state index in [2.05, 4.69) is 0 Å². The molecule has 1 aromatic carbocycles. The molecule has 0 N–H and O–H groups in total. The highest BCUT2D eigenvalue weighted by Crippen LogP contribution is 2.43. The molecule has 1 aliphatic heterocycles. The van der Waals surface area contributed by atoms with E-state index in [1.165, 1.54) is 0 Å². The van der Waals surface area contributed by atoms with Crippen molar-refractivity contribution in [2.75, 3.05) is 0 Å². The summed E-state index contributed by atoms with van der Waals surface area (Å²) in [5.41, 5.74) is 0.882. The van der Waals surface area contributed by atoms with Gasteiger partial charge < -0.3 is 0 Å². The molecule has 2 rings (SSSR count). The minimum Gasteiger partial charge on any atom is -0.293 e. The SMILES string of the molecule is CC1(C)Sc2ccccc2C1=O. The molecule has 0 aliphatic carbocycles. The minimum atomic E-state index is -0.260. The first-order valence-corrected chi connectivity index (χ1v) is 4.76. The van der Waals surface area contributed by atoms with Crippen molar-refractivity contribution in [2.24, 2.45) is 0 Å². The smallest absolute Gasteiger partial charge is 0.179 e. The summed E-state index contributed by atoms with van der Waals surface area (Å²) in [4.78, 5) is 12.8. The number of fused-ring (bicyclic) bond motifs is 1. The molecule has 2 heteroatoms. The second kappa shape index (κ2) is 2.36. The number of rotatable bonds is 0. The number of benzene rings is 1. The third kappa shape index (κ3) is 0.985. The van der Waals surface area contributed by atoms with Gasteiger partial charge in [0.15, 0.2) is 5.78 Å². The minimum absolute atomic E-state index is 0.253. The van der Waals surface area contributed by atoms with Crippen molar-refractivity contribution >= 4 is 17.5 Å². The summed E-state index contributed by atoms with van der Waals surface area (Å²) in [6.45, 7) is 3.94. The van der Waals surface area contributed by atoms with Gasteiger partial charge in [-0.05, 0) is 19.9 Å². The Hall–Kier alpha value is -0.760. The topological polar surface area (TPSA) is 17.1 Å². The van der Waals surface area contributed by atoms with Crippen LogP contribution in [0.3, 0.4) is 0 Å². The van der Waals surface area contributed by atoms with Gasteiger partial charge in [0.25, 0.3) is 0 Å². The van der Waals surface area contributed by atoms with Crippen LogP contribution in [0.15, 0.2) is 29.2 Å². The van der Waals surface area contributed by atoms with Gasteiger partial charge in [-0.25, -0.2) is 0 Å². The van der Waals surface area contributed by atoms with Crippen LogP contribution < -0.4 is 0 Å². The van der Waals surface area contributed by atoms with Gasteiger partial charge in [-0.1, -0.05) is 18.2 Å². The molecule has 1 heterocycles. The molecule has 0 bridgehead atoms. The van der Waals surface area contributed by atoms with E-state index in [1.807, 2.05) is 38.1 Å². The van der Waals surface area contributed by atoms with Gasteiger partial charge in [0.1, 0.15) is 0 Å². The number of carbonyl (C=O) groups excluding carboxylic acids is 1. The molecule has 62 valence electrons. The lowest BCUT2D eigenvalue weighted by Crippen LogP contribution is -2.21. The predicted molar refractivity (Wildman–Crippen MR) is 50.7 cm³/mol. The fraction of sp³-hybridized carbons (Fsp3) is 0.300. The van der Waals surface area contributed by atoms with Crippen LogP contribution in [0.25, 0.3) is 0 Å². The second-order valence-corrected chi connectivity index (χ2v) is 5.10. The Morgan fingerprint density at radius 3 is 2.58 bits per heavy atom. The van der Waals surface area contributed by atoms with Gasteiger partial charge >= 0.3 is 0 Å². The average Bonchev–Trinajstić information content (AvgIpc) is 2.24. The number of hydrogen-bond acceptors (Lipinski definition) is 2. The number of thioether (sulfide) groups is 1. The quantitative estimate of drug-likeness (QED) is 0.607. The molecule has 0 unspecified atom stereocenters. The zero-order valence-electron chi connectivity index (χ0n) is 7.13. The number of Topliss-reactive ketones (excluding diaryl/α,β-unsaturated/α-hetero) is 1. The Morgan fingerprint density at radius 1 is 1.25 bits per heavy atom. The maximum atomic E-state index is 11.7. The first-order chi connectivity index (χ1) is 5.61. The van der Waals surface area contributed by atoms with Gasteiger partial charge in [-0.3, -0.25) is 4.79 Å². The predicted octanol–water partition coefficient (Wildman–Crippen LogP) is 2.75. The van der Waals surface area contributed by atoms with Gasteiger partial charge in [-0.2, -0.15) is 0 Å². The molecule has 0 radical (unpaired) electrons. The monoisotopic (exact) mass is 178 g/mol. The van der Waals surface area contributed by atoms with Crippen molar-refractivity contribution in [1.29, 1.82) is 0 Å². The highest BCUT2D eigenvalue weighted by Gasteiger charge is 2.37. The van der Waals surface area contributed by atoms with E-state index in [9.17, 15) is 4.79 Å². The lowest BCUT2D eigenvalue weighted by atomic mass is 10.0. The van der Waals surface area contributed by atoms with E-state index >= 15 is 0 Å². The summed E-state index contributed by atoms with van der Waals surface area (Å²) in [6, 6.07) is 7.80. The van der Waals surface area contributed by atoms with Crippen molar-refractivity contribution in [3.05, 3.63) is 29.8 Å². The zero-order valence-corrected chi connectivity index (χ0v) is 7.94. The third-order valence-electron chi connectivity index (χ3n) is 2.04. The summed E-state index contributed by atoms with van der Waals surface area (Å²) in [7, 11) is 0. The molecule has 0 saturated carbocycles. The summed E-state index contributed by atoms with van der Waals surface area (Å²) < 4.78 is -0.260. The van der Waals surface area contributed by atoms with Crippen molar-refractivity contribution in [3.8, 4) is 0 Å². The molecule has 1 nitrogen and oxygen atoms in total. The Balaban J connectivity index is 2.57. The van der Waals surface area contributed by atoms with Gasteiger partial charge in [-0.15, -0.1) is 11.8 Å². The Morgan fingerprint density at radius 2 is 1.92 bits per heavy atom. The fourth-order valence-electron chi connectivity index (χ4n) is 1.39. The van der Waals surface area contributed by atoms with Crippen LogP contribution in [0.1, 0.15) is 24.2 Å². The molecule has 1 aromatic rings. The molecule has 0 spiro atoms. The lowest BCUT2D eigenvalue weighted by molar-refractivity contribution is 0.0961. The third-order valence-corrected chi connectivity index (χ3v) is 3.32. The highest BCUT2D eigenvalue weighted by atomic mass is 32.2. The number of hydrogen-bond donors (Lipinski definition) is 0. The van der Waals surface area contributed by atoms with Crippen LogP contribution in [0.4, 0.5) is 0 Å². The molecular formula is C10H10OS. The summed E-state index contributed by atoms with van der Waals surface area (Å²) >= 11 is 1.65.